The minimum Gasteiger partial charge on any atom is -0.464 e. The molecule has 2 aromatic heterocycles. The summed E-state index contributed by atoms with van der Waals surface area (Å²) in [6.45, 7) is 14.8. The second-order valence-electron chi connectivity index (χ2n) is 15.1. The normalized spacial score (nSPS) is 19.4. The number of halogens is 2. The summed E-state index contributed by atoms with van der Waals surface area (Å²) < 4.78 is 5.98. The molecular formula is C39H50Cl2N6O4. The molecule has 3 unspecified atom stereocenters. The number of piperazine rings is 1. The van der Waals surface area contributed by atoms with Crippen LogP contribution in [0.2, 0.25) is 10.0 Å². The van der Waals surface area contributed by atoms with Gasteiger partial charge in [0.15, 0.2) is 0 Å². The van der Waals surface area contributed by atoms with Crippen LogP contribution in [-0.2, 0) is 0 Å². The van der Waals surface area contributed by atoms with E-state index in [9.17, 15) is 14.7 Å². The van der Waals surface area contributed by atoms with Crippen molar-refractivity contribution >= 4 is 46.1 Å². The molecule has 0 saturated carbocycles. The van der Waals surface area contributed by atoms with Crippen molar-refractivity contribution in [2.45, 2.75) is 78.0 Å². The molecule has 2 aliphatic rings. The largest absolute Gasteiger partial charge is 0.464 e. The van der Waals surface area contributed by atoms with Gasteiger partial charge in [-0.25, -0.2) is 4.98 Å². The van der Waals surface area contributed by atoms with Gasteiger partial charge in [-0.05, 0) is 67.5 Å². The van der Waals surface area contributed by atoms with Crippen molar-refractivity contribution < 1.29 is 9.52 Å². The molecule has 274 valence electrons. The van der Waals surface area contributed by atoms with Gasteiger partial charge in [0.25, 0.3) is 10.9 Å². The van der Waals surface area contributed by atoms with Crippen LogP contribution in [0, 0.1) is 12.3 Å². The number of pyridine rings is 1. The third-order valence-electron chi connectivity index (χ3n) is 10.7. The summed E-state index contributed by atoms with van der Waals surface area (Å²) in [4.78, 5) is 39.7. The molecule has 0 spiro atoms. The lowest BCUT2D eigenvalue weighted by atomic mass is 9.83. The van der Waals surface area contributed by atoms with Crippen molar-refractivity contribution in [3.63, 3.8) is 0 Å². The van der Waals surface area contributed by atoms with Crippen LogP contribution in [-0.4, -0.2) is 78.4 Å². The quantitative estimate of drug-likeness (QED) is 0.157. The monoisotopic (exact) mass is 736 g/mol. The Kier molecular flexibility index (Phi) is 11.2. The van der Waals surface area contributed by atoms with E-state index in [-0.39, 0.29) is 29.8 Å². The van der Waals surface area contributed by atoms with Crippen LogP contribution in [0.5, 0.6) is 0 Å². The second-order valence-corrected chi connectivity index (χ2v) is 16.0. The number of nitrogens with one attached hydrogen (secondary N) is 1. The van der Waals surface area contributed by atoms with E-state index < -0.39 is 10.9 Å². The Labute approximate surface area is 310 Å². The Balaban J connectivity index is 1.10. The van der Waals surface area contributed by atoms with E-state index in [1.165, 1.54) is 0 Å². The zero-order chi connectivity index (χ0) is 36.6. The highest BCUT2D eigenvalue weighted by molar-refractivity contribution is 6.33. The third kappa shape index (κ3) is 7.71. The predicted octanol–water partition coefficient (Wildman–Crippen LogP) is 6.95. The Morgan fingerprint density at radius 3 is 2.33 bits per heavy atom. The lowest BCUT2D eigenvalue weighted by Gasteiger charge is -2.48. The summed E-state index contributed by atoms with van der Waals surface area (Å²) in [5.74, 6) is 2.23. The van der Waals surface area contributed by atoms with Crippen LogP contribution in [0.3, 0.4) is 0 Å². The SMILES string of the molecule is CCC1CN(c2ncc(Nc3c(N(C)C(c4ccc(C)o4)C(C)(C)C)c(=O)c3=O)cc2Cl)CCN1C1CCN(C(CO)c2ccc(Cl)cc2)CC1. The van der Waals surface area contributed by atoms with Crippen molar-refractivity contribution in [3.8, 4) is 0 Å². The number of nitrogens with zero attached hydrogens (tertiary/aromatic N) is 5. The number of benzene rings is 1. The number of aliphatic hydroxyl groups excluding tert-OH is 1. The molecule has 0 bridgehead atoms. The van der Waals surface area contributed by atoms with E-state index in [1.54, 1.807) is 12.3 Å². The highest BCUT2D eigenvalue weighted by Gasteiger charge is 2.38. The maximum Gasteiger partial charge on any atom is 0.253 e. The first kappa shape index (κ1) is 37.4. The van der Waals surface area contributed by atoms with Crippen LogP contribution >= 0.6 is 23.2 Å². The smallest absolute Gasteiger partial charge is 0.253 e. The van der Waals surface area contributed by atoms with Crippen molar-refractivity contribution in [2.24, 2.45) is 5.41 Å². The number of hydrogen-bond acceptors (Lipinski definition) is 10. The maximum atomic E-state index is 12.9. The number of likely N-dealkylation sites (tertiary alicyclic amines) is 1. The fourth-order valence-corrected chi connectivity index (χ4v) is 8.60. The van der Waals surface area contributed by atoms with Gasteiger partial charge in [-0.2, -0.15) is 0 Å². The highest BCUT2D eigenvalue weighted by Crippen LogP contribution is 2.42. The fourth-order valence-electron chi connectivity index (χ4n) is 8.19. The van der Waals surface area contributed by atoms with Gasteiger partial charge in [0.05, 0.1) is 35.6 Å². The van der Waals surface area contributed by atoms with Crippen LogP contribution in [0.15, 0.2) is 62.7 Å². The average molecular weight is 738 g/mol. The summed E-state index contributed by atoms with van der Waals surface area (Å²) in [5.41, 5.74) is 0.804. The molecule has 0 amide bonds. The number of aromatic nitrogens is 1. The Hall–Kier alpha value is -3.41. The predicted molar refractivity (Wildman–Crippen MR) is 207 cm³/mol. The highest BCUT2D eigenvalue weighted by atomic mass is 35.5. The molecular weight excluding hydrogens is 687 g/mol. The van der Waals surface area contributed by atoms with Gasteiger partial charge >= 0.3 is 0 Å². The molecule has 4 aromatic rings. The van der Waals surface area contributed by atoms with Gasteiger partial charge in [-0.3, -0.25) is 19.4 Å². The molecule has 2 N–H and O–H groups in total. The molecule has 4 heterocycles. The molecule has 2 aliphatic heterocycles. The van der Waals surface area contributed by atoms with Crippen molar-refractivity contribution in [3.05, 3.63) is 96.2 Å². The first-order valence-corrected chi connectivity index (χ1v) is 18.7. The topological polar surface area (TPSA) is 105 Å². The molecule has 0 radical (unpaired) electrons. The zero-order valence-corrected chi connectivity index (χ0v) is 32.0. The standard InChI is InChI=1S/C39H50Cl2N6O4/c1-7-28-22-46(18-19-47(28)29-14-16-45(17-15-29)31(23-48)25-9-11-26(40)12-10-25)38-30(41)20-27(21-42-38)43-33-34(36(50)35(33)49)44(6)37(39(3,4)5)32-13-8-24(2)51-32/h8-13,20-21,28-29,31,37,43,48H,7,14-19,22-23H2,1-6H3. The Bertz CT molecular complexity index is 1870. The van der Waals surface area contributed by atoms with E-state index in [0.29, 0.717) is 39.3 Å². The number of furan rings is 1. The first-order valence-electron chi connectivity index (χ1n) is 18.0. The molecule has 10 nitrogen and oxygen atoms in total. The van der Waals surface area contributed by atoms with E-state index >= 15 is 0 Å². The Morgan fingerprint density at radius 1 is 1.04 bits per heavy atom. The number of aliphatic hydroxyl groups is 1. The summed E-state index contributed by atoms with van der Waals surface area (Å²) in [7, 11) is 1.82. The van der Waals surface area contributed by atoms with Crippen LogP contribution in [0.1, 0.15) is 76.1 Å². The minimum absolute atomic E-state index is 0.0223. The number of aryl methyl sites for hydroxylation is 1. The second kappa shape index (κ2) is 15.3. The summed E-state index contributed by atoms with van der Waals surface area (Å²) in [5, 5.41) is 14.6. The van der Waals surface area contributed by atoms with E-state index in [2.05, 4.69) is 47.7 Å². The van der Waals surface area contributed by atoms with Crippen molar-refractivity contribution in [1.29, 1.82) is 0 Å². The first-order chi connectivity index (χ1) is 24.3. The zero-order valence-electron chi connectivity index (χ0n) is 30.5. The molecule has 2 saturated heterocycles. The number of rotatable bonds is 11. The maximum absolute atomic E-state index is 12.9. The number of hydrogen-bond donors (Lipinski definition) is 2. The number of piperidine rings is 1. The van der Waals surface area contributed by atoms with Crippen molar-refractivity contribution in [1.82, 2.24) is 14.8 Å². The van der Waals surface area contributed by atoms with Gasteiger partial charge in [-0.1, -0.05) is 63.0 Å². The fraction of sp³-hybridized carbons (Fsp3) is 0.513. The summed E-state index contributed by atoms with van der Waals surface area (Å²) in [6.07, 6.45) is 4.78. The molecule has 2 fully saturated rings. The summed E-state index contributed by atoms with van der Waals surface area (Å²) in [6, 6.07) is 13.9. The van der Waals surface area contributed by atoms with Crippen molar-refractivity contribution in [2.75, 3.05) is 61.5 Å². The Morgan fingerprint density at radius 2 is 1.75 bits per heavy atom. The number of anilines is 4. The molecule has 6 rings (SSSR count). The molecule has 51 heavy (non-hydrogen) atoms. The van der Waals surface area contributed by atoms with Gasteiger partial charge < -0.3 is 24.6 Å². The van der Waals surface area contributed by atoms with E-state index in [4.69, 9.17) is 32.6 Å². The lowest BCUT2D eigenvalue weighted by molar-refractivity contribution is 0.0356. The third-order valence-corrected chi connectivity index (χ3v) is 11.2. The van der Waals surface area contributed by atoms with Crippen LogP contribution in [0.4, 0.5) is 22.9 Å². The van der Waals surface area contributed by atoms with Gasteiger partial charge in [0.2, 0.25) is 0 Å². The van der Waals surface area contributed by atoms with Gasteiger partial charge in [0, 0.05) is 56.9 Å². The molecule has 0 aliphatic carbocycles. The summed E-state index contributed by atoms with van der Waals surface area (Å²) >= 11 is 13.0. The lowest BCUT2D eigenvalue weighted by Crippen LogP contribution is -2.58. The van der Waals surface area contributed by atoms with Crippen LogP contribution in [0.25, 0.3) is 0 Å². The molecule has 2 aromatic carbocycles. The molecule has 12 heteroatoms. The van der Waals surface area contributed by atoms with Gasteiger partial charge in [-0.15, -0.1) is 0 Å². The van der Waals surface area contributed by atoms with E-state index in [1.807, 2.05) is 55.3 Å². The van der Waals surface area contributed by atoms with Crippen LogP contribution < -0.4 is 26.0 Å². The minimum atomic E-state index is -0.565. The van der Waals surface area contributed by atoms with Gasteiger partial charge in [0.1, 0.15) is 28.7 Å². The average Bonchev–Trinajstić information content (AvgIpc) is 3.53. The molecule has 3 atom stereocenters. The van der Waals surface area contributed by atoms with E-state index in [0.717, 1.165) is 69.1 Å².